The Morgan fingerprint density at radius 1 is 1.19 bits per heavy atom. The molecule has 0 bridgehead atoms. The predicted molar refractivity (Wildman–Crippen MR) is 81.7 cm³/mol. The van der Waals surface area contributed by atoms with Crippen LogP contribution in [0.2, 0.25) is 0 Å². The summed E-state index contributed by atoms with van der Waals surface area (Å²) >= 11 is 0. The van der Waals surface area contributed by atoms with Gasteiger partial charge in [-0.05, 0) is 36.8 Å². The number of amides is 1. The summed E-state index contributed by atoms with van der Waals surface area (Å²) in [4.78, 5) is 14.2. The summed E-state index contributed by atoms with van der Waals surface area (Å²) in [7, 11) is 0. The summed E-state index contributed by atoms with van der Waals surface area (Å²) in [5.41, 5.74) is 2.74. The van der Waals surface area contributed by atoms with Crippen LogP contribution in [0.5, 0.6) is 0 Å². The zero-order valence-electron chi connectivity index (χ0n) is 11.8. The molecule has 3 rings (SSSR count). The second-order valence-corrected chi connectivity index (χ2v) is 5.37. The molecule has 4 heteroatoms. The van der Waals surface area contributed by atoms with E-state index in [9.17, 15) is 9.18 Å². The highest BCUT2D eigenvalue weighted by Gasteiger charge is 2.25. The quantitative estimate of drug-likeness (QED) is 0.914. The van der Waals surface area contributed by atoms with Gasteiger partial charge in [-0.15, -0.1) is 0 Å². The average molecular weight is 284 g/mol. The van der Waals surface area contributed by atoms with Crippen LogP contribution in [0.25, 0.3) is 0 Å². The zero-order chi connectivity index (χ0) is 14.8. The maximum atomic E-state index is 13.0. The van der Waals surface area contributed by atoms with Gasteiger partial charge < -0.3 is 10.2 Å². The molecule has 21 heavy (non-hydrogen) atoms. The third-order valence-electron chi connectivity index (χ3n) is 3.63. The highest BCUT2D eigenvalue weighted by atomic mass is 19.1. The number of hydrogen-bond donors (Lipinski definition) is 1. The summed E-state index contributed by atoms with van der Waals surface area (Å²) in [6.45, 7) is 2.45. The van der Waals surface area contributed by atoms with Gasteiger partial charge in [0.1, 0.15) is 5.82 Å². The van der Waals surface area contributed by atoms with Crippen molar-refractivity contribution >= 4 is 17.3 Å². The van der Waals surface area contributed by atoms with Crippen molar-refractivity contribution in [2.45, 2.75) is 25.9 Å². The van der Waals surface area contributed by atoms with E-state index in [4.69, 9.17) is 0 Å². The molecule has 0 fully saturated rings. The van der Waals surface area contributed by atoms with E-state index in [1.54, 1.807) is 17.0 Å². The molecule has 1 atom stereocenters. The van der Waals surface area contributed by atoms with Crippen molar-refractivity contribution in [3.8, 4) is 0 Å². The Hall–Kier alpha value is -2.36. The lowest BCUT2D eigenvalue weighted by atomic mass is 10.1. The SMILES string of the molecule is CC1CC(=O)N(Cc2ccc(F)cc2)c2ccccc2N1. The fourth-order valence-electron chi connectivity index (χ4n) is 2.60. The van der Waals surface area contributed by atoms with E-state index in [0.29, 0.717) is 13.0 Å². The van der Waals surface area contributed by atoms with Crippen LogP contribution < -0.4 is 10.2 Å². The summed E-state index contributed by atoms with van der Waals surface area (Å²) in [6.07, 6.45) is 0.440. The molecular weight excluding hydrogens is 267 g/mol. The molecule has 3 nitrogen and oxygen atoms in total. The lowest BCUT2D eigenvalue weighted by molar-refractivity contribution is -0.118. The number of carbonyl (C=O) groups excluding carboxylic acids is 1. The number of nitrogens with one attached hydrogen (secondary N) is 1. The van der Waals surface area contributed by atoms with E-state index in [1.165, 1.54) is 12.1 Å². The molecule has 1 N–H and O–H groups in total. The molecule has 0 saturated heterocycles. The molecule has 0 aliphatic carbocycles. The smallest absolute Gasteiger partial charge is 0.229 e. The van der Waals surface area contributed by atoms with Gasteiger partial charge in [0, 0.05) is 12.5 Å². The molecule has 1 heterocycles. The minimum absolute atomic E-state index is 0.0734. The van der Waals surface area contributed by atoms with E-state index in [2.05, 4.69) is 5.32 Å². The molecule has 0 aromatic heterocycles. The van der Waals surface area contributed by atoms with Crippen LogP contribution in [0.15, 0.2) is 48.5 Å². The number of nitrogens with zero attached hydrogens (tertiary/aromatic N) is 1. The molecule has 1 unspecified atom stereocenters. The van der Waals surface area contributed by atoms with Gasteiger partial charge >= 0.3 is 0 Å². The fraction of sp³-hybridized carbons (Fsp3) is 0.235. The lowest BCUT2D eigenvalue weighted by Crippen LogP contribution is -2.31. The summed E-state index contributed by atoms with van der Waals surface area (Å²) in [5, 5.41) is 3.36. The van der Waals surface area contributed by atoms with Crippen molar-refractivity contribution in [2.24, 2.45) is 0 Å². The Labute approximate surface area is 123 Å². The Bertz CT molecular complexity index is 654. The van der Waals surface area contributed by atoms with Crippen molar-refractivity contribution < 1.29 is 9.18 Å². The highest BCUT2D eigenvalue weighted by molar-refractivity contribution is 5.98. The van der Waals surface area contributed by atoms with Gasteiger partial charge in [0.2, 0.25) is 5.91 Å². The van der Waals surface area contributed by atoms with Gasteiger partial charge in [0.15, 0.2) is 0 Å². The van der Waals surface area contributed by atoms with Crippen molar-refractivity contribution in [3.05, 3.63) is 59.9 Å². The maximum absolute atomic E-state index is 13.0. The lowest BCUT2D eigenvalue weighted by Gasteiger charge is -2.22. The minimum Gasteiger partial charge on any atom is -0.380 e. The third-order valence-corrected chi connectivity index (χ3v) is 3.63. The Kier molecular flexibility index (Phi) is 3.60. The van der Waals surface area contributed by atoms with Gasteiger partial charge in [0.05, 0.1) is 17.9 Å². The van der Waals surface area contributed by atoms with Crippen LogP contribution in [0.3, 0.4) is 0 Å². The number of carbonyl (C=O) groups is 1. The predicted octanol–water partition coefficient (Wildman–Crippen LogP) is 3.56. The van der Waals surface area contributed by atoms with Gasteiger partial charge in [-0.25, -0.2) is 4.39 Å². The third kappa shape index (κ3) is 2.89. The first-order chi connectivity index (χ1) is 10.1. The number of para-hydroxylation sites is 2. The normalized spacial score (nSPS) is 17.9. The van der Waals surface area contributed by atoms with Crippen molar-refractivity contribution in [1.29, 1.82) is 0 Å². The molecule has 108 valence electrons. The van der Waals surface area contributed by atoms with Gasteiger partial charge in [-0.2, -0.15) is 0 Å². The Morgan fingerprint density at radius 3 is 2.67 bits per heavy atom. The zero-order valence-corrected chi connectivity index (χ0v) is 11.8. The standard InChI is InChI=1S/C17H17FN2O/c1-12-10-17(21)20(11-13-6-8-14(18)9-7-13)16-5-3-2-4-15(16)19-12/h2-9,12,19H,10-11H2,1H3. The summed E-state index contributed by atoms with van der Waals surface area (Å²) in [5.74, 6) is -0.194. The topological polar surface area (TPSA) is 32.3 Å². The van der Waals surface area contributed by atoms with E-state index >= 15 is 0 Å². The molecule has 1 aliphatic heterocycles. The molecule has 1 amide bonds. The first-order valence-electron chi connectivity index (χ1n) is 7.04. The summed E-state index contributed by atoms with van der Waals surface area (Å²) in [6, 6.07) is 14.1. The number of benzene rings is 2. The maximum Gasteiger partial charge on any atom is 0.229 e. The van der Waals surface area contributed by atoms with Crippen LogP contribution in [-0.4, -0.2) is 11.9 Å². The number of halogens is 1. The number of fused-ring (bicyclic) bond motifs is 1. The molecule has 2 aromatic carbocycles. The number of anilines is 2. The molecular formula is C17H17FN2O. The van der Waals surface area contributed by atoms with Crippen LogP contribution in [-0.2, 0) is 11.3 Å². The average Bonchev–Trinajstić information content (AvgIpc) is 2.58. The van der Waals surface area contributed by atoms with Crippen LogP contribution in [0.1, 0.15) is 18.9 Å². The fourth-order valence-corrected chi connectivity index (χ4v) is 2.60. The van der Waals surface area contributed by atoms with Crippen molar-refractivity contribution in [2.75, 3.05) is 10.2 Å². The molecule has 0 spiro atoms. The van der Waals surface area contributed by atoms with Gasteiger partial charge in [-0.1, -0.05) is 24.3 Å². The van der Waals surface area contributed by atoms with Crippen LogP contribution >= 0.6 is 0 Å². The van der Waals surface area contributed by atoms with E-state index in [0.717, 1.165) is 16.9 Å². The number of rotatable bonds is 2. The number of hydrogen-bond acceptors (Lipinski definition) is 2. The molecule has 0 radical (unpaired) electrons. The van der Waals surface area contributed by atoms with Crippen molar-refractivity contribution in [3.63, 3.8) is 0 Å². The molecule has 2 aromatic rings. The monoisotopic (exact) mass is 284 g/mol. The first-order valence-corrected chi connectivity index (χ1v) is 7.04. The van der Waals surface area contributed by atoms with Crippen LogP contribution in [0, 0.1) is 5.82 Å². The first kappa shape index (κ1) is 13.6. The second kappa shape index (κ2) is 5.56. The Balaban J connectivity index is 1.95. The highest BCUT2D eigenvalue weighted by Crippen LogP contribution is 2.31. The Morgan fingerprint density at radius 2 is 1.90 bits per heavy atom. The van der Waals surface area contributed by atoms with Crippen molar-refractivity contribution in [1.82, 2.24) is 0 Å². The van der Waals surface area contributed by atoms with E-state index in [1.807, 2.05) is 31.2 Å². The van der Waals surface area contributed by atoms with E-state index < -0.39 is 0 Å². The van der Waals surface area contributed by atoms with Gasteiger partial charge in [0.25, 0.3) is 0 Å². The largest absolute Gasteiger partial charge is 0.380 e. The van der Waals surface area contributed by atoms with E-state index in [-0.39, 0.29) is 17.8 Å². The molecule has 0 saturated carbocycles. The van der Waals surface area contributed by atoms with Crippen LogP contribution in [0.4, 0.5) is 15.8 Å². The molecule has 1 aliphatic rings. The summed E-state index contributed by atoms with van der Waals surface area (Å²) < 4.78 is 13.0. The minimum atomic E-state index is -0.267. The van der Waals surface area contributed by atoms with Gasteiger partial charge in [-0.3, -0.25) is 4.79 Å². The second-order valence-electron chi connectivity index (χ2n) is 5.37.